The van der Waals surface area contributed by atoms with E-state index in [-0.39, 0.29) is 0 Å². The molecule has 4 rings (SSSR count). The first-order valence-electron chi connectivity index (χ1n) is 6.43. The highest BCUT2D eigenvalue weighted by Crippen LogP contribution is 2.68. The van der Waals surface area contributed by atoms with E-state index in [2.05, 4.69) is 0 Å². The summed E-state index contributed by atoms with van der Waals surface area (Å²) in [4.78, 5) is 0. The summed E-state index contributed by atoms with van der Waals surface area (Å²) >= 11 is 0. The first-order valence-corrected chi connectivity index (χ1v) is 6.43. The maximum Gasteiger partial charge on any atom is -0.0326 e. The maximum atomic E-state index is 1.64. The molecular weight excluding hydrogens is 156 g/mol. The molecule has 4 fully saturated rings. The van der Waals surface area contributed by atoms with E-state index in [1.165, 1.54) is 35.5 Å². The minimum absolute atomic E-state index is 1.18. The maximum absolute atomic E-state index is 1.64. The van der Waals surface area contributed by atoms with Crippen LogP contribution in [0.3, 0.4) is 0 Å². The van der Waals surface area contributed by atoms with Gasteiger partial charge in [-0.3, -0.25) is 0 Å². The predicted octanol–water partition coefficient (Wildman–Crippen LogP) is 3.47. The van der Waals surface area contributed by atoms with Gasteiger partial charge >= 0.3 is 0 Å². The van der Waals surface area contributed by atoms with Gasteiger partial charge in [-0.15, -0.1) is 0 Å². The number of fused-ring (bicyclic) bond motifs is 2. The summed E-state index contributed by atoms with van der Waals surface area (Å²) in [5.74, 6) is 7.29. The van der Waals surface area contributed by atoms with Crippen LogP contribution in [0.1, 0.15) is 44.9 Å². The van der Waals surface area contributed by atoms with Crippen LogP contribution in [0.15, 0.2) is 0 Å². The molecule has 0 bridgehead atoms. The summed E-state index contributed by atoms with van der Waals surface area (Å²) in [7, 11) is 0. The third-order valence-corrected chi connectivity index (χ3v) is 5.89. The summed E-state index contributed by atoms with van der Waals surface area (Å²) in [5, 5.41) is 0. The Labute approximate surface area is 81.1 Å². The van der Waals surface area contributed by atoms with Gasteiger partial charge < -0.3 is 0 Å². The number of hydrogen-bond acceptors (Lipinski definition) is 0. The molecule has 0 heteroatoms. The second-order valence-corrected chi connectivity index (χ2v) is 6.18. The smallest absolute Gasteiger partial charge is 0.0326 e. The second-order valence-electron chi connectivity index (χ2n) is 6.18. The van der Waals surface area contributed by atoms with E-state index in [0.29, 0.717) is 0 Å². The number of rotatable bonds is 0. The minimum Gasteiger partial charge on any atom is -0.0530 e. The molecule has 0 amide bonds. The molecule has 13 heavy (non-hydrogen) atoms. The van der Waals surface area contributed by atoms with Crippen LogP contribution < -0.4 is 0 Å². The highest BCUT2D eigenvalue weighted by atomic mass is 14.6. The Morgan fingerprint density at radius 1 is 0.615 bits per heavy atom. The molecule has 6 unspecified atom stereocenters. The molecule has 0 N–H and O–H groups in total. The Bertz CT molecular complexity index is 228. The molecule has 0 radical (unpaired) electrons. The fraction of sp³-hybridized carbons (Fsp3) is 1.00. The van der Waals surface area contributed by atoms with Gasteiger partial charge in [-0.2, -0.15) is 0 Å². The summed E-state index contributed by atoms with van der Waals surface area (Å²) in [6.07, 6.45) is 11.2. The fourth-order valence-corrected chi connectivity index (χ4v) is 5.35. The van der Waals surface area contributed by atoms with Crippen LogP contribution in [0.4, 0.5) is 0 Å². The van der Waals surface area contributed by atoms with Gasteiger partial charge in [0.25, 0.3) is 0 Å². The number of hydrogen-bond donors (Lipinski definition) is 0. The van der Waals surface area contributed by atoms with Gasteiger partial charge in [0.2, 0.25) is 0 Å². The molecule has 4 aliphatic rings. The topological polar surface area (TPSA) is 0 Å². The van der Waals surface area contributed by atoms with Crippen molar-refractivity contribution in [3.63, 3.8) is 0 Å². The van der Waals surface area contributed by atoms with Gasteiger partial charge in [-0.1, -0.05) is 19.3 Å². The van der Waals surface area contributed by atoms with E-state index in [1.807, 2.05) is 0 Å². The zero-order valence-corrected chi connectivity index (χ0v) is 8.41. The van der Waals surface area contributed by atoms with Crippen LogP contribution in [-0.2, 0) is 0 Å². The predicted molar refractivity (Wildman–Crippen MR) is 53.3 cm³/mol. The van der Waals surface area contributed by atoms with Crippen molar-refractivity contribution in [1.29, 1.82) is 0 Å². The van der Waals surface area contributed by atoms with E-state index < -0.39 is 0 Å². The average Bonchev–Trinajstić information content (AvgIpc) is 2.09. The molecule has 0 aromatic heterocycles. The molecular formula is C13H20. The average molecular weight is 176 g/mol. The van der Waals surface area contributed by atoms with Gasteiger partial charge in [0, 0.05) is 0 Å². The Morgan fingerprint density at radius 2 is 1.38 bits per heavy atom. The second kappa shape index (κ2) is 2.32. The summed E-state index contributed by atoms with van der Waals surface area (Å²) < 4.78 is 0. The molecule has 0 aromatic rings. The van der Waals surface area contributed by atoms with Crippen molar-refractivity contribution in [2.75, 3.05) is 0 Å². The van der Waals surface area contributed by atoms with E-state index in [4.69, 9.17) is 0 Å². The molecule has 6 atom stereocenters. The molecule has 0 saturated heterocycles. The fourth-order valence-electron chi connectivity index (χ4n) is 5.35. The Balaban J connectivity index is 1.61. The summed E-state index contributed by atoms with van der Waals surface area (Å²) in [6.45, 7) is 0. The van der Waals surface area contributed by atoms with Crippen molar-refractivity contribution < 1.29 is 0 Å². The van der Waals surface area contributed by atoms with Crippen molar-refractivity contribution in [2.45, 2.75) is 44.9 Å². The first kappa shape index (κ1) is 7.31. The van der Waals surface area contributed by atoms with Crippen molar-refractivity contribution in [2.24, 2.45) is 35.5 Å². The highest BCUT2D eigenvalue weighted by Gasteiger charge is 2.60. The monoisotopic (exact) mass is 176 g/mol. The minimum atomic E-state index is 1.18. The van der Waals surface area contributed by atoms with Crippen molar-refractivity contribution in [1.82, 2.24) is 0 Å². The summed E-state index contributed by atoms with van der Waals surface area (Å²) in [6, 6.07) is 0. The van der Waals surface area contributed by atoms with E-state index >= 15 is 0 Å². The Morgan fingerprint density at radius 3 is 2.31 bits per heavy atom. The third-order valence-electron chi connectivity index (χ3n) is 5.89. The molecule has 4 saturated carbocycles. The van der Waals surface area contributed by atoms with Crippen LogP contribution >= 0.6 is 0 Å². The molecule has 0 aliphatic heterocycles. The molecule has 72 valence electrons. The zero-order chi connectivity index (χ0) is 8.41. The van der Waals surface area contributed by atoms with E-state index in [9.17, 15) is 0 Å². The molecule has 4 aliphatic carbocycles. The lowest BCUT2D eigenvalue weighted by Crippen LogP contribution is -2.59. The quantitative estimate of drug-likeness (QED) is 0.530. The van der Waals surface area contributed by atoms with Crippen molar-refractivity contribution >= 4 is 0 Å². The van der Waals surface area contributed by atoms with Crippen LogP contribution in [0.2, 0.25) is 0 Å². The molecule has 0 spiro atoms. The van der Waals surface area contributed by atoms with Gasteiger partial charge in [0.05, 0.1) is 0 Å². The lowest BCUT2D eigenvalue weighted by Gasteiger charge is -2.67. The van der Waals surface area contributed by atoms with Gasteiger partial charge in [0.15, 0.2) is 0 Å². The molecule has 0 nitrogen and oxygen atoms in total. The molecule has 0 heterocycles. The van der Waals surface area contributed by atoms with Crippen LogP contribution in [0.25, 0.3) is 0 Å². The zero-order valence-electron chi connectivity index (χ0n) is 8.41. The largest absolute Gasteiger partial charge is 0.0530 e. The van der Waals surface area contributed by atoms with Crippen LogP contribution in [0.5, 0.6) is 0 Å². The first-order chi connectivity index (χ1) is 6.43. The third kappa shape index (κ3) is 0.789. The highest BCUT2D eigenvalue weighted by molar-refractivity contribution is 5.09. The SMILES string of the molecule is C1CCC2C(C1)CC1CC3CC2C13. The van der Waals surface area contributed by atoms with Gasteiger partial charge in [-0.25, -0.2) is 0 Å². The van der Waals surface area contributed by atoms with E-state index in [1.54, 1.807) is 44.9 Å². The molecule has 0 aromatic carbocycles. The van der Waals surface area contributed by atoms with Gasteiger partial charge in [-0.05, 0) is 61.2 Å². The normalized spacial score (nSPS) is 62.8. The lowest BCUT2D eigenvalue weighted by molar-refractivity contribution is -0.176. The Hall–Kier alpha value is 0. The van der Waals surface area contributed by atoms with Crippen molar-refractivity contribution in [3.05, 3.63) is 0 Å². The van der Waals surface area contributed by atoms with Crippen LogP contribution in [0, 0.1) is 35.5 Å². The van der Waals surface area contributed by atoms with Crippen molar-refractivity contribution in [3.8, 4) is 0 Å². The lowest BCUT2D eigenvalue weighted by atomic mass is 9.38. The Kier molecular flexibility index (Phi) is 1.31. The standard InChI is InChI=1S/C13H20/c1-2-4-11-8(3-1)5-9-6-10-7-12(11)13(9)10/h8-13H,1-7H2. The van der Waals surface area contributed by atoms with Crippen LogP contribution in [-0.4, -0.2) is 0 Å². The van der Waals surface area contributed by atoms with E-state index in [0.717, 1.165) is 0 Å². The summed E-state index contributed by atoms with van der Waals surface area (Å²) in [5.41, 5.74) is 0. The van der Waals surface area contributed by atoms with Gasteiger partial charge in [0.1, 0.15) is 0 Å².